The number of benzene rings is 1. The van der Waals surface area contributed by atoms with Crippen molar-refractivity contribution in [3.05, 3.63) is 34.3 Å². The van der Waals surface area contributed by atoms with Crippen LogP contribution in [0.5, 0.6) is 0 Å². The first kappa shape index (κ1) is 21.6. The first-order valence-corrected chi connectivity index (χ1v) is 9.59. The van der Waals surface area contributed by atoms with E-state index < -0.39 is 9.84 Å². The number of nitrogens with zero attached hydrogens (tertiary/aromatic N) is 2. The van der Waals surface area contributed by atoms with E-state index in [9.17, 15) is 8.42 Å². The lowest BCUT2D eigenvalue weighted by atomic mass is 10.2. The van der Waals surface area contributed by atoms with E-state index in [1.165, 1.54) is 6.26 Å². The molecule has 0 aliphatic heterocycles. The van der Waals surface area contributed by atoms with Gasteiger partial charge in [0, 0.05) is 30.9 Å². The number of sulfone groups is 1. The lowest BCUT2D eigenvalue weighted by molar-refractivity contribution is 0.476. The smallest absolute Gasteiger partial charge is 0.193 e. The number of halogens is 2. The van der Waals surface area contributed by atoms with Crippen molar-refractivity contribution >= 4 is 55.7 Å². The van der Waals surface area contributed by atoms with E-state index in [1.807, 2.05) is 43.1 Å². The molecule has 5 nitrogen and oxygen atoms in total. The molecule has 0 fully saturated rings. The first-order chi connectivity index (χ1) is 9.83. The summed E-state index contributed by atoms with van der Waals surface area (Å²) in [5, 5.41) is 3.17. The molecule has 0 aliphatic carbocycles. The highest BCUT2D eigenvalue weighted by atomic mass is 127. The molecule has 126 valence electrons. The van der Waals surface area contributed by atoms with Crippen molar-refractivity contribution in [2.24, 2.45) is 4.99 Å². The lowest BCUT2D eigenvalue weighted by Gasteiger charge is -2.22. The van der Waals surface area contributed by atoms with Gasteiger partial charge in [-0.25, -0.2) is 8.42 Å². The largest absolute Gasteiger partial charge is 0.357 e. The Bertz CT molecular complexity index is 594. The van der Waals surface area contributed by atoms with E-state index in [0.717, 1.165) is 16.6 Å². The zero-order chi connectivity index (χ0) is 15.9. The van der Waals surface area contributed by atoms with Crippen molar-refractivity contribution in [2.45, 2.75) is 13.5 Å². The van der Waals surface area contributed by atoms with Gasteiger partial charge in [-0.15, -0.1) is 24.0 Å². The summed E-state index contributed by atoms with van der Waals surface area (Å²) in [6, 6.07) is 8.00. The zero-order valence-corrected chi connectivity index (χ0v) is 17.8. The number of aliphatic imine (C=N–C) groups is 1. The van der Waals surface area contributed by atoms with Crippen molar-refractivity contribution in [2.75, 3.05) is 32.1 Å². The summed E-state index contributed by atoms with van der Waals surface area (Å²) in [6.45, 7) is 3.67. The summed E-state index contributed by atoms with van der Waals surface area (Å²) >= 11 is 3.53. The van der Waals surface area contributed by atoms with Crippen LogP contribution < -0.4 is 5.32 Å². The molecule has 0 saturated heterocycles. The van der Waals surface area contributed by atoms with Crippen molar-refractivity contribution in [3.63, 3.8) is 0 Å². The van der Waals surface area contributed by atoms with Gasteiger partial charge in [-0.05, 0) is 18.6 Å². The van der Waals surface area contributed by atoms with E-state index in [0.29, 0.717) is 12.5 Å². The van der Waals surface area contributed by atoms with E-state index in [4.69, 9.17) is 0 Å². The minimum atomic E-state index is -2.99. The second kappa shape index (κ2) is 10.4. The van der Waals surface area contributed by atoms with Gasteiger partial charge >= 0.3 is 0 Å². The topological polar surface area (TPSA) is 61.8 Å². The fraction of sp³-hybridized carbons (Fsp3) is 0.500. The Hall–Kier alpha value is -0.350. The summed E-state index contributed by atoms with van der Waals surface area (Å²) in [4.78, 5) is 6.34. The Morgan fingerprint density at radius 2 is 2.00 bits per heavy atom. The van der Waals surface area contributed by atoms with Crippen molar-refractivity contribution < 1.29 is 8.42 Å². The Labute approximate surface area is 158 Å². The Morgan fingerprint density at radius 3 is 2.55 bits per heavy atom. The summed E-state index contributed by atoms with van der Waals surface area (Å²) in [7, 11) is -1.05. The molecule has 1 aromatic carbocycles. The van der Waals surface area contributed by atoms with Crippen LogP contribution in [0.1, 0.15) is 12.5 Å². The maximum Gasteiger partial charge on any atom is 0.193 e. The molecule has 0 bridgehead atoms. The van der Waals surface area contributed by atoms with Crippen LogP contribution in [0.4, 0.5) is 0 Å². The molecule has 1 aromatic rings. The van der Waals surface area contributed by atoms with Crippen LogP contribution in [0.3, 0.4) is 0 Å². The number of hydrogen-bond acceptors (Lipinski definition) is 3. The fourth-order valence-electron chi connectivity index (χ4n) is 1.74. The highest BCUT2D eigenvalue weighted by Gasteiger charge is 2.09. The standard InChI is InChI=1S/C14H22BrN3O2S.HI/c1-4-16-14(17-9-10-21(3,19)20)18(2)11-12-7-5-6-8-13(12)15;/h5-8H,4,9-11H2,1-3H3,(H,16,17);1H. The summed E-state index contributed by atoms with van der Waals surface area (Å²) in [5.74, 6) is 0.766. The SMILES string of the molecule is CCNC(=NCCS(C)(=O)=O)N(C)Cc1ccccc1Br.I. The summed E-state index contributed by atoms with van der Waals surface area (Å²) < 4.78 is 23.4. The van der Waals surface area contributed by atoms with Gasteiger partial charge in [0.1, 0.15) is 9.84 Å². The van der Waals surface area contributed by atoms with E-state index >= 15 is 0 Å². The van der Waals surface area contributed by atoms with E-state index in [2.05, 4.69) is 26.2 Å². The Kier molecular flexibility index (Phi) is 10.3. The molecule has 8 heteroatoms. The van der Waals surface area contributed by atoms with Gasteiger partial charge in [-0.1, -0.05) is 34.1 Å². The summed E-state index contributed by atoms with van der Waals surface area (Å²) in [6.07, 6.45) is 1.22. The minimum absolute atomic E-state index is 0. The van der Waals surface area contributed by atoms with Gasteiger partial charge < -0.3 is 10.2 Å². The van der Waals surface area contributed by atoms with Gasteiger partial charge in [-0.2, -0.15) is 0 Å². The van der Waals surface area contributed by atoms with Gasteiger partial charge in [0.25, 0.3) is 0 Å². The van der Waals surface area contributed by atoms with Crippen LogP contribution in [-0.2, 0) is 16.4 Å². The normalized spacial score (nSPS) is 11.7. The van der Waals surface area contributed by atoms with Crippen LogP contribution in [0.25, 0.3) is 0 Å². The van der Waals surface area contributed by atoms with Crippen LogP contribution in [0.15, 0.2) is 33.7 Å². The van der Waals surface area contributed by atoms with Gasteiger partial charge in [-0.3, -0.25) is 4.99 Å². The molecule has 0 amide bonds. The average Bonchev–Trinajstić information content (AvgIpc) is 2.39. The molecule has 0 aromatic heterocycles. The second-order valence-corrected chi connectivity index (χ2v) is 7.93. The Morgan fingerprint density at radius 1 is 1.36 bits per heavy atom. The third-order valence-electron chi connectivity index (χ3n) is 2.79. The zero-order valence-electron chi connectivity index (χ0n) is 13.0. The number of rotatable bonds is 6. The van der Waals surface area contributed by atoms with Gasteiger partial charge in [0.15, 0.2) is 5.96 Å². The molecule has 0 unspecified atom stereocenters. The third-order valence-corrected chi connectivity index (χ3v) is 4.48. The molecule has 0 spiro atoms. The quantitative estimate of drug-likeness (QED) is 0.368. The second-order valence-electron chi connectivity index (χ2n) is 4.81. The molecule has 1 rings (SSSR count). The van der Waals surface area contributed by atoms with Crippen LogP contribution in [0, 0.1) is 0 Å². The molecular weight excluding hydrogens is 481 g/mol. The number of nitrogens with one attached hydrogen (secondary N) is 1. The van der Waals surface area contributed by atoms with Crippen molar-refractivity contribution in [1.82, 2.24) is 10.2 Å². The van der Waals surface area contributed by atoms with E-state index in [-0.39, 0.29) is 36.3 Å². The Balaban J connectivity index is 0.00000441. The fourth-order valence-corrected chi connectivity index (χ4v) is 2.58. The molecule has 22 heavy (non-hydrogen) atoms. The van der Waals surface area contributed by atoms with Crippen molar-refractivity contribution in [3.8, 4) is 0 Å². The molecule has 0 atom stereocenters. The predicted molar refractivity (Wildman–Crippen MR) is 107 cm³/mol. The molecular formula is C14H23BrIN3O2S. The lowest BCUT2D eigenvalue weighted by Crippen LogP contribution is -2.38. The molecule has 0 heterocycles. The van der Waals surface area contributed by atoms with Gasteiger partial charge in [0.2, 0.25) is 0 Å². The number of hydrogen-bond donors (Lipinski definition) is 1. The molecule has 0 saturated carbocycles. The maximum absolute atomic E-state index is 11.2. The third kappa shape index (κ3) is 8.33. The van der Waals surface area contributed by atoms with Gasteiger partial charge in [0.05, 0.1) is 12.3 Å². The van der Waals surface area contributed by atoms with Crippen LogP contribution >= 0.6 is 39.9 Å². The van der Waals surface area contributed by atoms with Crippen LogP contribution in [0.2, 0.25) is 0 Å². The minimum Gasteiger partial charge on any atom is -0.357 e. The highest BCUT2D eigenvalue weighted by Crippen LogP contribution is 2.17. The van der Waals surface area contributed by atoms with Crippen LogP contribution in [-0.4, -0.2) is 51.4 Å². The predicted octanol–water partition coefficient (Wildman–Crippen LogP) is 2.51. The molecule has 1 N–H and O–H groups in total. The first-order valence-electron chi connectivity index (χ1n) is 6.74. The summed E-state index contributed by atoms with van der Waals surface area (Å²) in [5.41, 5.74) is 1.15. The molecule has 0 radical (unpaired) electrons. The molecule has 0 aliphatic rings. The monoisotopic (exact) mass is 503 g/mol. The number of guanidine groups is 1. The highest BCUT2D eigenvalue weighted by molar-refractivity contribution is 14.0. The van der Waals surface area contributed by atoms with Crippen molar-refractivity contribution in [1.29, 1.82) is 0 Å². The maximum atomic E-state index is 11.2. The van der Waals surface area contributed by atoms with E-state index in [1.54, 1.807) is 0 Å². The average molecular weight is 504 g/mol.